The summed E-state index contributed by atoms with van der Waals surface area (Å²) in [5, 5.41) is 8.43. The van der Waals surface area contributed by atoms with Gasteiger partial charge in [0.15, 0.2) is 0 Å². The van der Waals surface area contributed by atoms with Crippen LogP contribution in [0.4, 0.5) is 0 Å². The molecule has 0 spiro atoms. The summed E-state index contributed by atoms with van der Waals surface area (Å²) in [6.07, 6.45) is 0. The molecule has 0 aliphatic heterocycles. The second kappa shape index (κ2) is 8.73. The lowest BCUT2D eigenvalue weighted by atomic mass is 10.1. The maximum Gasteiger partial charge on any atom is 0.277 e. The van der Waals surface area contributed by atoms with Crippen molar-refractivity contribution in [1.29, 1.82) is 0 Å². The zero-order valence-electron chi connectivity index (χ0n) is 15.5. The average Bonchev–Trinajstić information content (AvgIpc) is 3.20. The molecule has 27 heavy (non-hydrogen) atoms. The SMILES string of the molecule is COc1ccc(-c2nnc(SCC(=O)N(C)C(C)c3ccccc3)o2)cc1. The minimum absolute atomic E-state index is 0.000510. The van der Waals surface area contributed by atoms with Crippen molar-refractivity contribution in [3.05, 3.63) is 60.2 Å². The van der Waals surface area contributed by atoms with Crippen LogP contribution in [-0.2, 0) is 4.79 Å². The van der Waals surface area contributed by atoms with Crippen molar-refractivity contribution in [3.63, 3.8) is 0 Å². The zero-order valence-corrected chi connectivity index (χ0v) is 16.3. The standard InChI is InChI=1S/C20H21N3O3S/c1-14(15-7-5-4-6-8-15)23(2)18(24)13-27-20-22-21-19(26-20)16-9-11-17(25-3)12-10-16/h4-12,14H,13H2,1-3H3. The van der Waals surface area contributed by atoms with Crippen molar-refractivity contribution in [2.75, 3.05) is 19.9 Å². The number of rotatable bonds is 7. The molecule has 140 valence electrons. The molecule has 0 N–H and O–H groups in total. The molecule has 0 saturated heterocycles. The molecule has 6 nitrogen and oxygen atoms in total. The van der Waals surface area contributed by atoms with E-state index >= 15 is 0 Å². The zero-order chi connectivity index (χ0) is 19.2. The Labute approximate surface area is 162 Å². The first-order valence-electron chi connectivity index (χ1n) is 8.50. The minimum Gasteiger partial charge on any atom is -0.497 e. The summed E-state index contributed by atoms with van der Waals surface area (Å²) in [7, 11) is 3.42. The van der Waals surface area contributed by atoms with Gasteiger partial charge >= 0.3 is 0 Å². The van der Waals surface area contributed by atoms with E-state index in [-0.39, 0.29) is 17.7 Å². The molecule has 7 heteroatoms. The van der Waals surface area contributed by atoms with Crippen molar-refractivity contribution >= 4 is 17.7 Å². The fourth-order valence-electron chi connectivity index (χ4n) is 2.51. The monoisotopic (exact) mass is 383 g/mol. The highest BCUT2D eigenvalue weighted by molar-refractivity contribution is 7.99. The number of aromatic nitrogens is 2. The van der Waals surface area contributed by atoms with Crippen LogP contribution >= 0.6 is 11.8 Å². The van der Waals surface area contributed by atoms with Gasteiger partial charge in [0.1, 0.15) is 5.75 Å². The van der Waals surface area contributed by atoms with Gasteiger partial charge in [0, 0.05) is 12.6 Å². The third kappa shape index (κ3) is 4.68. The fourth-order valence-corrected chi connectivity index (χ4v) is 3.20. The van der Waals surface area contributed by atoms with E-state index in [1.165, 1.54) is 11.8 Å². The van der Waals surface area contributed by atoms with Crippen LogP contribution in [0.3, 0.4) is 0 Å². The Morgan fingerprint density at radius 1 is 1.15 bits per heavy atom. The van der Waals surface area contributed by atoms with E-state index in [1.807, 2.05) is 61.5 Å². The highest BCUT2D eigenvalue weighted by atomic mass is 32.2. The Morgan fingerprint density at radius 3 is 2.52 bits per heavy atom. The van der Waals surface area contributed by atoms with E-state index in [0.717, 1.165) is 16.9 Å². The number of nitrogens with zero attached hydrogens (tertiary/aromatic N) is 3. The van der Waals surface area contributed by atoms with E-state index in [9.17, 15) is 4.79 Å². The molecule has 1 aromatic heterocycles. The van der Waals surface area contributed by atoms with Crippen LogP contribution in [-0.4, -0.2) is 40.9 Å². The van der Waals surface area contributed by atoms with Crippen molar-refractivity contribution in [3.8, 4) is 17.2 Å². The first kappa shape index (κ1) is 19.0. The lowest BCUT2D eigenvalue weighted by Crippen LogP contribution is -2.31. The van der Waals surface area contributed by atoms with Gasteiger partial charge in [-0.15, -0.1) is 10.2 Å². The second-order valence-electron chi connectivity index (χ2n) is 5.98. The Hall–Kier alpha value is -2.80. The number of methoxy groups -OCH3 is 1. The molecular formula is C20H21N3O3S. The first-order chi connectivity index (χ1) is 13.1. The first-order valence-corrected chi connectivity index (χ1v) is 9.48. The van der Waals surface area contributed by atoms with Gasteiger partial charge in [-0.1, -0.05) is 42.1 Å². The smallest absolute Gasteiger partial charge is 0.277 e. The Kier molecular flexibility index (Phi) is 6.13. The van der Waals surface area contributed by atoms with Crippen LogP contribution in [0.15, 0.2) is 64.2 Å². The number of thioether (sulfide) groups is 1. The maximum atomic E-state index is 12.5. The topological polar surface area (TPSA) is 68.5 Å². The lowest BCUT2D eigenvalue weighted by molar-refractivity contribution is -0.128. The van der Waals surface area contributed by atoms with Crippen molar-refractivity contribution in [2.45, 2.75) is 18.2 Å². The largest absolute Gasteiger partial charge is 0.497 e. The maximum absolute atomic E-state index is 12.5. The molecule has 0 radical (unpaired) electrons. The molecule has 1 atom stereocenters. The van der Waals surface area contributed by atoms with Gasteiger partial charge in [-0.05, 0) is 36.8 Å². The van der Waals surface area contributed by atoms with Crippen LogP contribution < -0.4 is 4.74 Å². The van der Waals surface area contributed by atoms with Gasteiger partial charge in [0.25, 0.3) is 5.22 Å². The number of benzene rings is 2. The average molecular weight is 383 g/mol. The Morgan fingerprint density at radius 2 is 1.85 bits per heavy atom. The summed E-state index contributed by atoms with van der Waals surface area (Å²) in [5.74, 6) is 1.41. The van der Waals surface area contributed by atoms with Crippen LogP contribution in [0, 0.1) is 0 Å². The van der Waals surface area contributed by atoms with Gasteiger partial charge < -0.3 is 14.1 Å². The summed E-state index contributed by atoms with van der Waals surface area (Å²) >= 11 is 1.24. The van der Waals surface area contributed by atoms with Crippen molar-refractivity contribution < 1.29 is 13.9 Å². The van der Waals surface area contributed by atoms with Gasteiger partial charge in [0.05, 0.1) is 18.9 Å². The third-order valence-electron chi connectivity index (χ3n) is 4.32. The van der Waals surface area contributed by atoms with E-state index in [2.05, 4.69) is 10.2 Å². The quantitative estimate of drug-likeness (QED) is 0.573. The molecule has 2 aromatic carbocycles. The lowest BCUT2D eigenvalue weighted by Gasteiger charge is -2.25. The van der Waals surface area contributed by atoms with Crippen molar-refractivity contribution in [1.82, 2.24) is 15.1 Å². The molecular weight excluding hydrogens is 362 g/mol. The fraction of sp³-hybridized carbons (Fsp3) is 0.250. The van der Waals surface area contributed by atoms with Crippen LogP contribution in [0.2, 0.25) is 0 Å². The Bertz CT molecular complexity index is 881. The number of carbonyl (C=O) groups is 1. The molecule has 0 saturated carbocycles. The molecule has 3 aromatic rings. The molecule has 1 heterocycles. The minimum atomic E-state index is -0.00292. The Balaban J connectivity index is 1.58. The molecule has 0 bridgehead atoms. The molecule has 1 amide bonds. The summed E-state index contributed by atoms with van der Waals surface area (Å²) in [4.78, 5) is 14.2. The molecule has 0 fully saturated rings. The van der Waals surface area contributed by atoms with E-state index in [4.69, 9.17) is 9.15 Å². The van der Waals surface area contributed by atoms with E-state index in [0.29, 0.717) is 11.1 Å². The van der Waals surface area contributed by atoms with Crippen molar-refractivity contribution in [2.24, 2.45) is 0 Å². The van der Waals surface area contributed by atoms with E-state index < -0.39 is 0 Å². The summed E-state index contributed by atoms with van der Waals surface area (Å²) in [6.45, 7) is 2.01. The highest BCUT2D eigenvalue weighted by Crippen LogP contribution is 2.26. The third-order valence-corrected chi connectivity index (χ3v) is 5.12. The van der Waals surface area contributed by atoms with Crippen LogP contribution in [0.5, 0.6) is 5.75 Å². The predicted molar refractivity (Wildman–Crippen MR) is 105 cm³/mol. The van der Waals surface area contributed by atoms with E-state index in [1.54, 1.807) is 19.1 Å². The van der Waals surface area contributed by atoms with Gasteiger partial charge in [-0.2, -0.15) is 0 Å². The number of amides is 1. The molecule has 3 rings (SSSR count). The number of carbonyl (C=O) groups excluding carboxylic acids is 1. The molecule has 0 aliphatic rings. The molecule has 1 unspecified atom stereocenters. The predicted octanol–water partition coefficient (Wildman–Crippen LogP) is 4.06. The number of hydrogen-bond acceptors (Lipinski definition) is 6. The summed E-state index contributed by atoms with van der Waals surface area (Å²) in [5.41, 5.74) is 1.90. The van der Waals surface area contributed by atoms with Gasteiger partial charge in [-0.3, -0.25) is 4.79 Å². The normalized spacial score (nSPS) is 11.8. The molecule has 0 aliphatic carbocycles. The van der Waals surface area contributed by atoms with Gasteiger partial charge in [-0.25, -0.2) is 0 Å². The van der Waals surface area contributed by atoms with Crippen LogP contribution in [0.25, 0.3) is 11.5 Å². The summed E-state index contributed by atoms with van der Waals surface area (Å²) < 4.78 is 10.8. The number of hydrogen-bond donors (Lipinski definition) is 0. The van der Waals surface area contributed by atoms with Crippen LogP contribution in [0.1, 0.15) is 18.5 Å². The van der Waals surface area contributed by atoms with Gasteiger partial charge in [0.2, 0.25) is 11.8 Å². The highest BCUT2D eigenvalue weighted by Gasteiger charge is 2.19. The second-order valence-corrected chi connectivity index (χ2v) is 6.91. The number of ether oxygens (including phenoxy) is 1. The summed E-state index contributed by atoms with van der Waals surface area (Å²) in [6, 6.07) is 17.3.